The summed E-state index contributed by atoms with van der Waals surface area (Å²) in [6.07, 6.45) is 2.31. The van der Waals surface area contributed by atoms with Crippen molar-refractivity contribution in [3.8, 4) is 11.6 Å². The SMILES string of the molecule is O=c1[nH]c(-c2ccco2)nc2c1CCN(Cc1cc3ccccc3s1)C2. The second-order valence-electron chi connectivity index (χ2n) is 6.53. The Morgan fingerprint density at radius 3 is 3.00 bits per heavy atom. The second kappa shape index (κ2) is 6.23. The van der Waals surface area contributed by atoms with Gasteiger partial charge in [-0.15, -0.1) is 11.3 Å². The fraction of sp³-hybridized carbons (Fsp3) is 0.200. The predicted molar refractivity (Wildman–Crippen MR) is 102 cm³/mol. The number of nitrogens with zero attached hydrogens (tertiary/aromatic N) is 2. The maximum Gasteiger partial charge on any atom is 0.254 e. The molecular weight excluding hydrogens is 346 g/mol. The lowest BCUT2D eigenvalue weighted by Crippen LogP contribution is -2.34. The number of aromatic amines is 1. The summed E-state index contributed by atoms with van der Waals surface area (Å²) in [6.45, 7) is 2.43. The molecule has 130 valence electrons. The number of benzene rings is 1. The molecule has 0 saturated heterocycles. The number of furan rings is 1. The first-order chi connectivity index (χ1) is 12.8. The van der Waals surface area contributed by atoms with Crippen molar-refractivity contribution in [2.45, 2.75) is 19.5 Å². The van der Waals surface area contributed by atoms with Crippen LogP contribution in [-0.4, -0.2) is 21.4 Å². The molecule has 0 saturated carbocycles. The highest BCUT2D eigenvalue weighted by Gasteiger charge is 2.22. The number of aromatic nitrogens is 2. The van der Waals surface area contributed by atoms with Gasteiger partial charge in [0.25, 0.3) is 5.56 Å². The largest absolute Gasteiger partial charge is 0.461 e. The molecule has 4 heterocycles. The van der Waals surface area contributed by atoms with Gasteiger partial charge in [-0.3, -0.25) is 9.69 Å². The van der Waals surface area contributed by atoms with Gasteiger partial charge in [0, 0.05) is 34.8 Å². The molecule has 0 radical (unpaired) electrons. The fourth-order valence-corrected chi connectivity index (χ4v) is 4.60. The van der Waals surface area contributed by atoms with Crippen LogP contribution in [0.15, 0.2) is 57.9 Å². The molecule has 0 fully saturated rings. The van der Waals surface area contributed by atoms with Crippen LogP contribution in [0.1, 0.15) is 16.1 Å². The van der Waals surface area contributed by atoms with E-state index < -0.39 is 0 Å². The van der Waals surface area contributed by atoms with E-state index in [0.29, 0.717) is 18.1 Å². The van der Waals surface area contributed by atoms with Crippen LogP contribution < -0.4 is 5.56 Å². The molecule has 5 rings (SSSR count). The van der Waals surface area contributed by atoms with E-state index in [0.717, 1.165) is 30.8 Å². The lowest BCUT2D eigenvalue weighted by molar-refractivity contribution is 0.242. The number of nitrogens with one attached hydrogen (secondary N) is 1. The summed E-state index contributed by atoms with van der Waals surface area (Å²) in [6, 6.07) is 14.3. The second-order valence-corrected chi connectivity index (χ2v) is 7.70. The summed E-state index contributed by atoms with van der Waals surface area (Å²) in [4.78, 5) is 23.6. The van der Waals surface area contributed by atoms with Crippen LogP contribution >= 0.6 is 11.3 Å². The van der Waals surface area contributed by atoms with E-state index in [2.05, 4.69) is 45.2 Å². The maximum absolute atomic E-state index is 12.4. The maximum atomic E-state index is 12.4. The third-order valence-corrected chi connectivity index (χ3v) is 5.86. The number of H-pyrrole nitrogens is 1. The van der Waals surface area contributed by atoms with E-state index >= 15 is 0 Å². The zero-order chi connectivity index (χ0) is 17.5. The van der Waals surface area contributed by atoms with Gasteiger partial charge in [-0.1, -0.05) is 18.2 Å². The number of hydrogen-bond donors (Lipinski definition) is 1. The van der Waals surface area contributed by atoms with Crippen LogP contribution in [-0.2, 0) is 19.5 Å². The van der Waals surface area contributed by atoms with Crippen molar-refractivity contribution in [2.24, 2.45) is 0 Å². The average molecular weight is 363 g/mol. The Kier molecular flexibility index (Phi) is 3.72. The zero-order valence-electron chi connectivity index (χ0n) is 14.1. The summed E-state index contributed by atoms with van der Waals surface area (Å²) >= 11 is 1.83. The highest BCUT2D eigenvalue weighted by molar-refractivity contribution is 7.19. The Morgan fingerprint density at radius 1 is 1.23 bits per heavy atom. The zero-order valence-corrected chi connectivity index (χ0v) is 14.9. The van der Waals surface area contributed by atoms with Gasteiger partial charge in [-0.05, 0) is 36.1 Å². The van der Waals surface area contributed by atoms with Crippen molar-refractivity contribution in [2.75, 3.05) is 6.54 Å². The van der Waals surface area contributed by atoms with Crippen LogP contribution in [0.4, 0.5) is 0 Å². The first-order valence-electron chi connectivity index (χ1n) is 8.62. The molecule has 26 heavy (non-hydrogen) atoms. The number of fused-ring (bicyclic) bond motifs is 2. The molecule has 5 nitrogen and oxygen atoms in total. The van der Waals surface area contributed by atoms with Gasteiger partial charge in [0.15, 0.2) is 11.6 Å². The van der Waals surface area contributed by atoms with Crippen molar-refractivity contribution in [1.82, 2.24) is 14.9 Å². The van der Waals surface area contributed by atoms with Crippen LogP contribution in [0.3, 0.4) is 0 Å². The average Bonchev–Trinajstić information content (AvgIpc) is 3.30. The lowest BCUT2D eigenvalue weighted by atomic mass is 10.1. The van der Waals surface area contributed by atoms with Gasteiger partial charge in [-0.2, -0.15) is 0 Å². The first kappa shape index (κ1) is 15.5. The normalized spacial score (nSPS) is 14.6. The molecule has 0 aliphatic carbocycles. The predicted octanol–water partition coefficient (Wildman–Crippen LogP) is 3.80. The highest BCUT2D eigenvalue weighted by atomic mass is 32.1. The van der Waals surface area contributed by atoms with Crippen molar-refractivity contribution >= 4 is 21.4 Å². The first-order valence-corrected chi connectivity index (χ1v) is 9.44. The van der Waals surface area contributed by atoms with Crippen LogP contribution in [0.2, 0.25) is 0 Å². The van der Waals surface area contributed by atoms with Gasteiger partial charge < -0.3 is 9.40 Å². The summed E-state index contributed by atoms with van der Waals surface area (Å²) in [5, 5.41) is 1.29. The third-order valence-electron chi connectivity index (χ3n) is 4.76. The minimum absolute atomic E-state index is 0.0529. The van der Waals surface area contributed by atoms with Crippen LogP contribution in [0, 0.1) is 0 Å². The molecule has 4 aromatic rings. The van der Waals surface area contributed by atoms with Crippen LogP contribution in [0.5, 0.6) is 0 Å². The molecular formula is C20H17N3O2S. The Morgan fingerprint density at radius 2 is 2.15 bits per heavy atom. The Balaban J connectivity index is 1.42. The van der Waals surface area contributed by atoms with Crippen molar-refractivity contribution in [3.05, 3.63) is 75.2 Å². The number of rotatable bonds is 3. The molecule has 0 spiro atoms. The Bertz CT molecular complexity index is 1090. The molecule has 1 aliphatic rings. The van der Waals surface area contributed by atoms with E-state index in [9.17, 15) is 4.79 Å². The summed E-state index contributed by atoms with van der Waals surface area (Å²) in [5.41, 5.74) is 1.60. The lowest BCUT2D eigenvalue weighted by Gasteiger charge is -2.27. The van der Waals surface area contributed by atoms with Crippen molar-refractivity contribution in [1.29, 1.82) is 0 Å². The molecule has 3 aromatic heterocycles. The molecule has 1 N–H and O–H groups in total. The van der Waals surface area contributed by atoms with E-state index in [1.807, 2.05) is 17.4 Å². The smallest absolute Gasteiger partial charge is 0.254 e. The Hall–Kier alpha value is -2.70. The summed E-state index contributed by atoms with van der Waals surface area (Å²) in [5.74, 6) is 1.09. The van der Waals surface area contributed by atoms with E-state index in [4.69, 9.17) is 4.42 Å². The van der Waals surface area contributed by atoms with Crippen molar-refractivity contribution in [3.63, 3.8) is 0 Å². The summed E-state index contributed by atoms with van der Waals surface area (Å²) in [7, 11) is 0. The minimum Gasteiger partial charge on any atom is -0.461 e. The molecule has 0 amide bonds. The van der Waals surface area contributed by atoms with Gasteiger partial charge in [-0.25, -0.2) is 4.98 Å². The minimum atomic E-state index is -0.0529. The molecule has 0 unspecified atom stereocenters. The van der Waals surface area contributed by atoms with Crippen LogP contribution in [0.25, 0.3) is 21.7 Å². The van der Waals surface area contributed by atoms with E-state index in [-0.39, 0.29) is 5.56 Å². The van der Waals surface area contributed by atoms with Gasteiger partial charge in [0.2, 0.25) is 0 Å². The molecule has 1 aliphatic heterocycles. The van der Waals surface area contributed by atoms with Crippen molar-refractivity contribution < 1.29 is 4.42 Å². The van der Waals surface area contributed by atoms with E-state index in [1.165, 1.54) is 15.0 Å². The summed E-state index contributed by atoms with van der Waals surface area (Å²) < 4.78 is 6.69. The molecule has 0 atom stereocenters. The monoisotopic (exact) mass is 363 g/mol. The standard InChI is InChI=1S/C20H17N3O2S/c24-20-15-7-8-23(11-14-10-13-4-1-2-6-18(13)26-14)12-16(15)21-19(22-20)17-5-3-9-25-17/h1-6,9-10H,7-8,11-12H2,(H,21,22,24). The fourth-order valence-electron chi connectivity index (χ4n) is 3.49. The molecule has 6 heteroatoms. The van der Waals surface area contributed by atoms with E-state index in [1.54, 1.807) is 12.3 Å². The quantitative estimate of drug-likeness (QED) is 0.601. The molecule has 1 aromatic carbocycles. The third kappa shape index (κ3) is 2.77. The van der Waals surface area contributed by atoms with Gasteiger partial charge in [0.1, 0.15) is 0 Å². The topological polar surface area (TPSA) is 62.1 Å². The molecule has 0 bridgehead atoms. The number of thiophene rings is 1. The van der Waals surface area contributed by atoms with Gasteiger partial charge >= 0.3 is 0 Å². The highest BCUT2D eigenvalue weighted by Crippen LogP contribution is 2.27. The number of hydrogen-bond acceptors (Lipinski definition) is 5. The Labute approximate surface area is 153 Å². The van der Waals surface area contributed by atoms with Gasteiger partial charge in [0.05, 0.1) is 12.0 Å².